The summed E-state index contributed by atoms with van der Waals surface area (Å²) in [5.41, 5.74) is 3.70. The Labute approximate surface area is 88.2 Å². The fourth-order valence-corrected chi connectivity index (χ4v) is 1.89. The van der Waals surface area contributed by atoms with Gasteiger partial charge in [-0.15, -0.1) is 0 Å². The molecule has 0 fully saturated rings. The maximum absolute atomic E-state index is 4.24. The minimum atomic E-state index is 0.798. The molecule has 1 aliphatic rings. The van der Waals surface area contributed by atoms with Gasteiger partial charge in [0.25, 0.3) is 0 Å². The molecule has 0 spiro atoms. The minimum Gasteiger partial charge on any atom is -0.384 e. The first kappa shape index (κ1) is 8.41. The molecular formula is C12H11N3. The third-order valence-electron chi connectivity index (χ3n) is 2.64. The molecule has 15 heavy (non-hydrogen) atoms. The van der Waals surface area contributed by atoms with Crippen LogP contribution in [-0.4, -0.2) is 16.5 Å². The van der Waals surface area contributed by atoms with Crippen LogP contribution in [0.5, 0.6) is 0 Å². The van der Waals surface area contributed by atoms with E-state index in [9.17, 15) is 0 Å². The lowest BCUT2D eigenvalue weighted by Gasteiger charge is -2.02. The van der Waals surface area contributed by atoms with E-state index in [1.807, 2.05) is 6.07 Å². The Morgan fingerprint density at radius 3 is 2.87 bits per heavy atom. The second-order valence-corrected chi connectivity index (χ2v) is 3.62. The fourth-order valence-electron chi connectivity index (χ4n) is 1.89. The highest BCUT2D eigenvalue weighted by atomic mass is 14.9. The van der Waals surface area contributed by atoms with Gasteiger partial charge in [0.2, 0.25) is 0 Å². The molecule has 0 saturated carbocycles. The molecule has 0 bridgehead atoms. The number of rotatable bonds is 1. The molecule has 3 nitrogen and oxygen atoms in total. The molecule has 1 aromatic carbocycles. The van der Waals surface area contributed by atoms with Crippen LogP contribution in [0.1, 0.15) is 5.56 Å². The largest absolute Gasteiger partial charge is 0.384 e. The van der Waals surface area contributed by atoms with E-state index in [4.69, 9.17) is 0 Å². The Morgan fingerprint density at radius 1 is 1.13 bits per heavy atom. The summed E-state index contributed by atoms with van der Waals surface area (Å²) in [5.74, 6) is 0.798. The standard InChI is InChI=1S/C12H11N3/c1-5-14-12(15-6-1)10-2-3-11-9(8-10)4-7-13-11/h1-3,5-6,8,13H,4,7H2. The van der Waals surface area contributed by atoms with Crippen LogP contribution in [-0.2, 0) is 6.42 Å². The Morgan fingerprint density at radius 2 is 2.00 bits per heavy atom. The number of benzene rings is 1. The van der Waals surface area contributed by atoms with Crippen molar-refractivity contribution in [1.82, 2.24) is 9.97 Å². The van der Waals surface area contributed by atoms with Crippen molar-refractivity contribution in [1.29, 1.82) is 0 Å². The Hall–Kier alpha value is -1.90. The average Bonchev–Trinajstić information content (AvgIpc) is 2.77. The van der Waals surface area contributed by atoms with E-state index in [1.54, 1.807) is 12.4 Å². The first-order valence-corrected chi connectivity index (χ1v) is 5.08. The smallest absolute Gasteiger partial charge is 0.159 e. The van der Waals surface area contributed by atoms with Crippen molar-refractivity contribution >= 4 is 5.69 Å². The van der Waals surface area contributed by atoms with Crippen molar-refractivity contribution in [3.63, 3.8) is 0 Å². The minimum absolute atomic E-state index is 0.798. The second-order valence-electron chi connectivity index (χ2n) is 3.62. The molecule has 0 amide bonds. The van der Waals surface area contributed by atoms with E-state index in [1.165, 1.54) is 11.3 Å². The summed E-state index contributed by atoms with van der Waals surface area (Å²) < 4.78 is 0. The zero-order valence-corrected chi connectivity index (χ0v) is 8.27. The van der Waals surface area contributed by atoms with Gasteiger partial charge in [-0.05, 0) is 36.2 Å². The van der Waals surface area contributed by atoms with Crippen molar-refractivity contribution in [2.24, 2.45) is 0 Å². The van der Waals surface area contributed by atoms with E-state index in [0.717, 1.165) is 24.4 Å². The average molecular weight is 197 g/mol. The van der Waals surface area contributed by atoms with Gasteiger partial charge in [-0.25, -0.2) is 9.97 Å². The quantitative estimate of drug-likeness (QED) is 0.760. The van der Waals surface area contributed by atoms with Crippen LogP contribution in [0, 0.1) is 0 Å². The molecular weight excluding hydrogens is 186 g/mol. The van der Waals surface area contributed by atoms with Crippen LogP contribution >= 0.6 is 0 Å². The lowest BCUT2D eigenvalue weighted by Crippen LogP contribution is -1.90. The van der Waals surface area contributed by atoms with Crippen LogP contribution in [0.3, 0.4) is 0 Å². The molecule has 2 heterocycles. The lowest BCUT2D eigenvalue weighted by atomic mass is 10.1. The first-order valence-electron chi connectivity index (χ1n) is 5.08. The molecule has 1 aliphatic heterocycles. The predicted octanol–water partition coefficient (Wildman–Crippen LogP) is 2.11. The zero-order valence-electron chi connectivity index (χ0n) is 8.27. The molecule has 1 N–H and O–H groups in total. The number of nitrogens with one attached hydrogen (secondary N) is 1. The Bertz CT molecular complexity index is 479. The Kier molecular flexibility index (Phi) is 1.88. The van der Waals surface area contributed by atoms with Crippen LogP contribution in [0.25, 0.3) is 11.4 Å². The maximum Gasteiger partial charge on any atom is 0.159 e. The summed E-state index contributed by atoms with van der Waals surface area (Å²) in [6.45, 7) is 1.04. The Balaban J connectivity index is 2.07. The predicted molar refractivity (Wildman–Crippen MR) is 59.7 cm³/mol. The summed E-state index contributed by atoms with van der Waals surface area (Å²) in [6.07, 6.45) is 4.64. The molecule has 74 valence electrons. The zero-order chi connectivity index (χ0) is 10.1. The van der Waals surface area contributed by atoms with Crippen molar-refractivity contribution in [2.45, 2.75) is 6.42 Å². The highest BCUT2D eigenvalue weighted by Crippen LogP contribution is 2.26. The van der Waals surface area contributed by atoms with Crippen molar-refractivity contribution < 1.29 is 0 Å². The molecule has 2 aromatic rings. The molecule has 3 rings (SSSR count). The number of hydrogen-bond donors (Lipinski definition) is 1. The SMILES string of the molecule is c1cnc(-c2ccc3c(c2)CCN3)nc1. The number of aromatic nitrogens is 2. The number of nitrogens with zero attached hydrogens (tertiary/aromatic N) is 2. The highest BCUT2D eigenvalue weighted by molar-refractivity contribution is 5.65. The van der Waals surface area contributed by atoms with Gasteiger partial charge in [0.1, 0.15) is 0 Å². The topological polar surface area (TPSA) is 37.8 Å². The molecule has 0 aliphatic carbocycles. The van der Waals surface area contributed by atoms with Gasteiger partial charge in [0, 0.05) is 30.2 Å². The third kappa shape index (κ3) is 1.46. The molecule has 0 unspecified atom stereocenters. The van der Waals surface area contributed by atoms with Gasteiger partial charge in [-0.3, -0.25) is 0 Å². The van der Waals surface area contributed by atoms with Crippen LogP contribution in [0.2, 0.25) is 0 Å². The number of hydrogen-bond acceptors (Lipinski definition) is 3. The van der Waals surface area contributed by atoms with Crippen LogP contribution in [0.4, 0.5) is 5.69 Å². The van der Waals surface area contributed by atoms with Crippen molar-refractivity contribution in [3.05, 3.63) is 42.2 Å². The second kappa shape index (κ2) is 3.35. The normalized spacial score (nSPS) is 13.3. The molecule has 0 radical (unpaired) electrons. The third-order valence-corrected chi connectivity index (χ3v) is 2.64. The first-order chi connectivity index (χ1) is 7.43. The summed E-state index contributed by atoms with van der Waals surface area (Å²) in [4.78, 5) is 8.49. The maximum atomic E-state index is 4.24. The van der Waals surface area contributed by atoms with Gasteiger partial charge in [0.05, 0.1) is 0 Å². The van der Waals surface area contributed by atoms with E-state index in [0.29, 0.717) is 0 Å². The fraction of sp³-hybridized carbons (Fsp3) is 0.167. The highest BCUT2D eigenvalue weighted by Gasteiger charge is 2.11. The summed E-state index contributed by atoms with van der Waals surface area (Å²) in [5, 5.41) is 3.34. The van der Waals surface area contributed by atoms with E-state index >= 15 is 0 Å². The summed E-state index contributed by atoms with van der Waals surface area (Å²) in [7, 11) is 0. The molecule has 0 saturated heterocycles. The monoisotopic (exact) mass is 197 g/mol. The van der Waals surface area contributed by atoms with E-state index in [2.05, 4.69) is 33.5 Å². The number of anilines is 1. The van der Waals surface area contributed by atoms with E-state index in [-0.39, 0.29) is 0 Å². The van der Waals surface area contributed by atoms with E-state index < -0.39 is 0 Å². The molecule has 1 aromatic heterocycles. The van der Waals surface area contributed by atoms with Gasteiger partial charge >= 0.3 is 0 Å². The summed E-state index contributed by atoms with van der Waals surface area (Å²) >= 11 is 0. The van der Waals surface area contributed by atoms with Gasteiger partial charge in [-0.1, -0.05) is 0 Å². The van der Waals surface area contributed by atoms with Crippen molar-refractivity contribution in [3.8, 4) is 11.4 Å². The number of fused-ring (bicyclic) bond motifs is 1. The van der Waals surface area contributed by atoms with Crippen LogP contribution < -0.4 is 5.32 Å². The lowest BCUT2D eigenvalue weighted by molar-refractivity contribution is 1.10. The van der Waals surface area contributed by atoms with Gasteiger partial charge < -0.3 is 5.32 Å². The van der Waals surface area contributed by atoms with Crippen LogP contribution in [0.15, 0.2) is 36.7 Å². The summed E-state index contributed by atoms with van der Waals surface area (Å²) in [6, 6.07) is 8.17. The van der Waals surface area contributed by atoms with Gasteiger partial charge in [-0.2, -0.15) is 0 Å². The molecule has 3 heteroatoms. The molecule has 0 atom stereocenters. The van der Waals surface area contributed by atoms with Gasteiger partial charge in [0.15, 0.2) is 5.82 Å². The van der Waals surface area contributed by atoms with Crippen molar-refractivity contribution in [2.75, 3.05) is 11.9 Å².